The number of hydrogen-bond donors (Lipinski definition) is 1. The fraction of sp³-hybridized carbons (Fsp3) is 0.750. The number of aliphatic imine (C=N–C) groups is 1. The Hall–Kier alpha value is -1.32. The first kappa shape index (κ1) is 26.7. The zero-order valence-corrected chi connectivity index (χ0v) is 20.7. The SMILES string of the molecule is CCNC(=NCCCCCCC(=O)OC)N(C)Cc1cn(C)nc1C(C)C.I. The van der Waals surface area contributed by atoms with E-state index in [1.54, 1.807) is 0 Å². The number of hydrogen-bond acceptors (Lipinski definition) is 4. The average molecular weight is 507 g/mol. The fourth-order valence-electron chi connectivity index (χ4n) is 2.98. The lowest BCUT2D eigenvalue weighted by molar-refractivity contribution is -0.140. The second kappa shape index (κ2) is 14.6. The lowest BCUT2D eigenvalue weighted by atomic mass is 10.1. The molecule has 0 atom stereocenters. The molecule has 28 heavy (non-hydrogen) atoms. The normalized spacial score (nSPS) is 11.3. The van der Waals surface area contributed by atoms with Crippen LogP contribution in [-0.4, -0.2) is 53.9 Å². The summed E-state index contributed by atoms with van der Waals surface area (Å²) in [5, 5.41) is 7.96. The van der Waals surface area contributed by atoms with Gasteiger partial charge in [-0.15, -0.1) is 24.0 Å². The van der Waals surface area contributed by atoms with E-state index in [4.69, 9.17) is 4.99 Å². The van der Waals surface area contributed by atoms with Crippen molar-refractivity contribution in [3.63, 3.8) is 0 Å². The number of esters is 1. The van der Waals surface area contributed by atoms with Crippen LogP contribution in [0.15, 0.2) is 11.2 Å². The number of halogens is 1. The molecule has 162 valence electrons. The molecule has 1 heterocycles. The summed E-state index contributed by atoms with van der Waals surface area (Å²) < 4.78 is 6.54. The maximum Gasteiger partial charge on any atom is 0.305 e. The quantitative estimate of drug-likeness (QED) is 0.163. The molecule has 0 amide bonds. The summed E-state index contributed by atoms with van der Waals surface area (Å²) in [4.78, 5) is 18.0. The van der Waals surface area contributed by atoms with E-state index in [0.717, 1.165) is 57.0 Å². The third-order valence-electron chi connectivity index (χ3n) is 4.37. The maximum atomic E-state index is 11.1. The number of methoxy groups -OCH3 is 1. The van der Waals surface area contributed by atoms with Gasteiger partial charge in [-0.1, -0.05) is 26.7 Å². The van der Waals surface area contributed by atoms with Crippen LogP contribution in [-0.2, 0) is 23.1 Å². The molecule has 0 fully saturated rings. The molecule has 0 spiro atoms. The van der Waals surface area contributed by atoms with Crippen molar-refractivity contribution in [2.45, 2.75) is 65.3 Å². The fourth-order valence-corrected chi connectivity index (χ4v) is 2.98. The van der Waals surface area contributed by atoms with E-state index in [0.29, 0.717) is 12.3 Å². The lowest BCUT2D eigenvalue weighted by Gasteiger charge is -2.22. The standard InChI is InChI=1S/C20H37N5O2.HI/c1-7-21-20(22-13-11-9-8-10-12-18(26)27-6)24(4)14-17-15-25(5)23-19(17)16(2)3;/h15-16H,7-14H2,1-6H3,(H,21,22);1H. The number of ether oxygens (including phenoxy) is 1. The number of nitrogens with zero attached hydrogens (tertiary/aromatic N) is 4. The molecule has 0 aromatic carbocycles. The van der Waals surface area contributed by atoms with Crippen molar-refractivity contribution in [3.05, 3.63) is 17.5 Å². The Labute approximate surface area is 187 Å². The predicted octanol–water partition coefficient (Wildman–Crippen LogP) is 3.68. The highest BCUT2D eigenvalue weighted by Crippen LogP contribution is 2.18. The molecule has 0 unspecified atom stereocenters. The van der Waals surface area contributed by atoms with Gasteiger partial charge >= 0.3 is 5.97 Å². The van der Waals surface area contributed by atoms with Crippen LogP contribution in [0.1, 0.15) is 70.1 Å². The van der Waals surface area contributed by atoms with E-state index in [-0.39, 0.29) is 29.9 Å². The summed E-state index contributed by atoms with van der Waals surface area (Å²) in [6.07, 6.45) is 6.61. The van der Waals surface area contributed by atoms with Gasteiger partial charge in [-0.25, -0.2) is 0 Å². The molecule has 0 aliphatic rings. The molecular formula is C20H38IN5O2. The maximum absolute atomic E-state index is 11.1. The van der Waals surface area contributed by atoms with Gasteiger partial charge < -0.3 is 15.0 Å². The highest BCUT2D eigenvalue weighted by Gasteiger charge is 2.15. The van der Waals surface area contributed by atoms with E-state index in [1.165, 1.54) is 12.7 Å². The molecule has 1 N–H and O–H groups in total. The zero-order chi connectivity index (χ0) is 20.2. The van der Waals surface area contributed by atoms with Gasteiger partial charge in [-0.3, -0.25) is 14.5 Å². The number of carbonyl (C=O) groups excluding carboxylic acids is 1. The van der Waals surface area contributed by atoms with Gasteiger partial charge in [0.25, 0.3) is 0 Å². The number of aromatic nitrogens is 2. The third kappa shape index (κ3) is 9.75. The molecule has 1 rings (SSSR count). The highest BCUT2D eigenvalue weighted by molar-refractivity contribution is 14.0. The predicted molar refractivity (Wildman–Crippen MR) is 125 cm³/mol. The number of unbranched alkanes of at least 4 members (excludes halogenated alkanes) is 3. The van der Waals surface area contributed by atoms with E-state index in [1.807, 2.05) is 11.7 Å². The van der Waals surface area contributed by atoms with Gasteiger partial charge in [0.1, 0.15) is 0 Å². The Morgan fingerprint density at radius 1 is 1.32 bits per heavy atom. The Morgan fingerprint density at radius 2 is 2.00 bits per heavy atom. The van der Waals surface area contributed by atoms with Gasteiger partial charge in [-0.2, -0.15) is 5.10 Å². The molecule has 0 bridgehead atoms. The molecule has 0 saturated carbocycles. The van der Waals surface area contributed by atoms with Crippen LogP contribution < -0.4 is 5.32 Å². The third-order valence-corrected chi connectivity index (χ3v) is 4.37. The molecular weight excluding hydrogens is 469 g/mol. The second-order valence-electron chi connectivity index (χ2n) is 7.20. The molecule has 8 heteroatoms. The summed E-state index contributed by atoms with van der Waals surface area (Å²) in [7, 11) is 5.47. The van der Waals surface area contributed by atoms with Crippen LogP contribution in [0.3, 0.4) is 0 Å². The van der Waals surface area contributed by atoms with Crippen molar-refractivity contribution < 1.29 is 9.53 Å². The minimum absolute atomic E-state index is 0. The van der Waals surface area contributed by atoms with Crippen molar-refractivity contribution in [2.75, 3.05) is 27.2 Å². The number of rotatable bonds is 11. The van der Waals surface area contributed by atoms with Crippen LogP contribution in [0.5, 0.6) is 0 Å². The van der Waals surface area contributed by atoms with Crippen molar-refractivity contribution >= 4 is 35.9 Å². The number of carbonyl (C=O) groups is 1. The molecule has 0 aliphatic heterocycles. The van der Waals surface area contributed by atoms with Gasteiger partial charge in [0.2, 0.25) is 0 Å². The monoisotopic (exact) mass is 507 g/mol. The van der Waals surface area contributed by atoms with Gasteiger partial charge in [0.05, 0.1) is 12.8 Å². The van der Waals surface area contributed by atoms with Crippen molar-refractivity contribution in [1.29, 1.82) is 0 Å². The molecule has 1 aromatic heterocycles. The van der Waals surface area contributed by atoms with Crippen LogP contribution in [0.2, 0.25) is 0 Å². The summed E-state index contributed by atoms with van der Waals surface area (Å²) in [5.74, 6) is 1.20. The van der Waals surface area contributed by atoms with E-state index in [9.17, 15) is 4.79 Å². The van der Waals surface area contributed by atoms with Crippen LogP contribution in [0, 0.1) is 0 Å². The molecule has 7 nitrogen and oxygen atoms in total. The highest BCUT2D eigenvalue weighted by atomic mass is 127. The molecule has 1 aromatic rings. The Kier molecular flexibility index (Phi) is 14.0. The first-order valence-corrected chi connectivity index (χ1v) is 9.97. The lowest BCUT2D eigenvalue weighted by Crippen LogP contribution is -2.38. The summed E-state index contributed by atoms with van der Waals surface area (Å²) in [6, 6.07) is 0. The molecule has 0 radical (unpaired) electrons. The Balaban J connectivity index is 0.00000729. The van der Waals surface area contributed by atoms with E-state index >= 15 is 0 Å². The van der Waals surface area contributed by atoms with Gasteiger partial charge in [0, 0.05) is 51.9 Å². The minimum atomic E-state index is -0.125. The van der Waals surface area contributed by atoms with Crippen molar-refractivity contribution in [2.24, 2.45) is 12.0 Å². The minimum Gasteiger partial charge on any atom is -0.469 e. The molecule has 0 saturated heterocycles. The molecule has 0 aliphatic carbocycles. The van der Waals surface area contributed by atoms with Gasteiger partial charge in [-0.05, 0) is 25.7 Å². The number of guanidine groups is 1. The first-order chi connectivity index (χ1) is 12.9. The summed E-state index contributed by atoms with van der Waals surface area (Å²) in [6.45, 7) is 8.84. The van der Waals surface area contributed by atoms with Crippen molar-refractivity contribution in [1.82, 2.24) is 20.0 Å². The summed E-state index contributed by atoms with van der Waals surface area (Å²) >= 11 is 0. The second-order valence-corrected chi connectivity index (χ2v) is 7.20. The van der Waals surface area contributed by atoms with Crippen molar-refractivity contribution in [3.8, 4) is 0 Å². The zero-order valence-electron chi connectivity index (χ0n) is 18.3. The van der Waals surface area contributed by atoms with Crippen LogP contribution >= 0.6 is 24.0 Å². The smallest absolute Gasteiger partial charge is 0.305 e. The van der Waals surface area contributed by atoms with Crippen LogP contribution in [0.25, 0.3) is 0 Å². The summed E-state index contributed by atoms with van der Waals surface area (Å²) in [5.41, 5.74) is 2.38. The van der Waals surface area contributed by atoms with Crippen LogP contribution in [0.4, 0.5) is 0 Å². The van der Waals surface area contributed by atoms with E-state index in [2.05, 4.69) is 54.1 Å². The van der Waals surface area contributed by atoms with E-state index < -0.39 is 0 Å². The Morgan fingerprint density at radius 3 is 2.61 bits per heavy atom. The van der Waals surface area contributed by atoms with Gasteiger partial charge in [0.15, 0.2) is 5.96 Å². The average Bonchev–Trinajstić information content (AvgIpc) is 3.00. The number of aryl methyl sites for hydroxylation is 1. The number of nitrogens with one attached hydrogen (secondary N) is 1. The first-order valence-electron chi connectivity index (χ1n) is 9.97. The Bertz CT molecular complexity index is 601. The largest absolute Gasteiger partial charge is 0.469 e. The topological polar surface area (TPSA) is 71.8 Å².